The maximum absolute atomic E-state index is 12.3. The molecular weight excluding hydrogens is 256 g/mol. The van der Waals surface area contributed by atoms with Crippen LogP contribution < -0.4 is 5.32 Å². The average Bonchev–Trinajstić information content (AvgIpc) is 3.03. The Hall–Kier alpha value is -0.940. The van der Waals surface area contributed by atoms with Crippen LogP contribution in [0.3, 0.4) is 0 Å². The van der Waals surface area contributed by atoms with E-state index in [0.717, 1.165) is 45.1 Å². The second-order valence-corrected chi connectivity index (χ2v) is 5.72. The zero-order valence-electron chi connectivity index (χ0n) is 12.4. The van der Waals surface area contributed by atoms with E-state index in [1.54, 1.807) is 0 Å². The van der Waals surface area contributed by atoms with E-state index in [1.807, 2.05) is 0 Å². The van der Waals surface area contributed by atoms with E-state index in [4.69, 9.17) is 4.74 Å². The summed E-state index contributed by atoms with van der Waals surface area (Å²) < 4.78 is 5.45. The second-order valence-electron chi connectivity index (χ2n) is 5.72. The van der Waals surface area contributed by atoms with Gasteiger partial charge < -0.3 is 10.1 Å². The third-order valence-corrected chi connectivity index (χ3v) is 4.15. The molecule has 0 radical (unpaired) electrons. The summed E-state index contributed by atoms with van der Waals surface area (Å²) in [5.74, 6) is -0.0400. The molecule has 1 N–H and O–H groups in total. The molecule has 0 spiro atoms. The molecule has 2 rings (SSSR count). The average molecular weight is 282 g/mol. The summed E-state index contributed by atoms with van der Waals surface area (Å²) in [4.78, 5) is 25.8. The van der Waals surface area contributed by atoms with Crippen molar-refractivity contribution in [2.24, 2.45) is 0 Å². The molecular formula is C15H26N2O3. The van der Waals surface area contributed by atoms with Gasteiger partial charge in [0.2, 0.25) is 11.8 Å². The quantitative estimate of drug-likeness (QED) is 0.541. The number of ether oxygens (including phenoxy) is 1. The van der Waals surface area contributed by atoms with Gasteiger partial charge in [0.15, 0.2) is 0 Å². The fourth-order valence-electron chi connectivity index (χ4n) is 3.01. The maximum atomic E-state index is 12.3. The van der Waals surface area contributed by atoms with Crippen LogP contribution in [0.15, 0.2) is 0 Å². The minimum absolute atomic E-state index is 0.00805. The van der Waals surface area contributed by atoms with Gasteiger partial charge in [-0.2, -0.15) is 0 Å². The normalized spacial score (nSPS) is 24.1. The van der Waals surface area contributed by atoms with Crippen molar-refractivity contribution < 1.29 is 14.3 Å². The molecule has 2 fully saturated rings. The predicted molar refractivity (Wildman–Crippen MR) is 76.2 cm³/mol. The highest BCUT2D eigenvalue weighted by molar-refractivity contribution is 6.05. The molecule has 1 atom stereocenters. The first kappa shape index (κ1) is 15.4. The van der Waals surface area contributed by atoms with Gasteiger partial charge in [-0.3, -0.25) is 14.5 Å². The third-order valence-electron chi connectivity index (χ3n) is 4.15. The van der Waals surface area contributed by atoms with Gasteiger partial charge >= 0.3 is 0 Å². The molecule has 1 saturated carbocycles. The molecule has 1 saturated heterocycles. The maximum Gasteiger partial charge on any atom is 0.247 e. The van der Waals surface area contributed by atoms with Gasteiger partial charge in [-0.15, -0.1) is 0 Å². The second kappa shape index (κ2) is 7.74. The van der Waals surface area contributed by atoms with Gasteiger partial charge in [0.1, 0.15) is 0 Å². The molecule has 20 heavy (non-hydrogen) atoms. The van der Waals surface area contributed by atoms with Gasteiger partial charge in [-0.05, 0) is 19.3 Å². The van der Waals surface area contributed by atoms with E-state index in [1.165, 1.54) is 4.90 Å². The van der Waals surface area contributed by atoms with Crippen molar-refractivity contribution in [1.82, 2.24) is 10.2 Å². The van der Waals surface area contributed by atoms with Crippen LogP contribution in [0.2, 0.25) is 0 Å². The van der Waals surface area contributed by atoms with Crippen LogP contribution >= 0.6 is 0 Å². The van der Waals surface area contributed by atoms with Crippen LogP contribution in [0.4, 0.5) is 0 Å². The summed E-state index contributed by atoms with van der Waals surface area (Å²) >= 11 is 0. The minimum Gasteiger partial charge on any atom is -0.380 e. The van der Waals surface area contributed by atoms with Crippen LogP contribution in [0.1, 0.15) is 51.9 Å². The Labute approximate surface area is 121 Å². The number of rotatable bonds is 8. The van der Waals surface area contributed by atoms with Gasteiger partial charge in [0, 0.05) is 19.2 Å². The largest absolute Gasteiger partial charge is 0.380 e. The van der Waals surface area contributed by atoms with Crippen molar-refractivity contribution >= 4 is 11.8 Å². The van der Waals surface area contributed by atoms with Crippen LogP contribution in [0.25, 0.3) is 0 Å². The standard InChI is InChI=1S/C15H26N2O3/c1-2-3-9-20-10-8-16-13-11-14(18)17(15(13)19)12-6-4-5-7-12/h12-13,16H,2-11H2,1H3. The lowest BCUT2D eigenvalue weighted by Crippen LogP contribution is -2.43. The van der Waals surface area contributed by atoms with Crippen LogP contribution in [-0.4, -0.2) is 48.6 Å². The van der Waals surface area contributed by atoms with Crippen molar-refractivity contribution in [3.8, 4) is 0 Å². The molecule has 1 aliphatic heterocycles. The van der Waals surface area contributed by atoms with Crippen LogP contribution in [0.5, 0.6) is 0 Å². The van der Waals surface area contributed by atoms with Crippen LogP contribution in [0, 0.1) is 0 Å². The lowest BCUT2D eigenvalue weighted by Gasteiger charge is -2.22. The Morgan fingerprint density at radius 2 is 2.00 bits per heavy atom. The van der Waals surface area contributed by atoms with Crippen molar-refractivity contribution in [2.45, 2.75) is 64.0 Å². The predicted octanol–water partition coefficient (Wildman–Crippen LogP) is 1.46. The first-order valence-electron chi connectivity index (χ1n) is 7.91. The Morgan fingerprint density at radius 1 is 1.25 bits per heavy atom. The van der Waals surface area contributed by atoms with E-state index in [9.17, 15) is 9.59 Å². The minimum atomic E-state index is -0.335. The van der Waals surface area contributed by atoms with Crippen molar-refractivity contribution in [1.29, 1.82) is 0 Å². The number of likely N-dealkylation sites (tertiary alicyclic amines) is 1. The van der Waals surface area contributed by atoms with E-state index in [-0.39, 0.29) is 23.9 Å². The van der Waals surface area contributed by atoms with E-state index in [2.05, 4.69) is 12.2 Å². The molecule has 0 aromatic heterocycles. The van der Waals surface area contributed by atoms with Crippen molar-refractivity contribution in [3.05, 3.63) is 0 Å². The number of amides is 2. The van der Waals surface area contributed by atoms with Crippen LogP contribution in [-0.2, 0) is 14.3 Å². The molecule has 5 heteroatoms. The number of carbonyl (C=O) groups excluding carboxylic acids is 2. The van der Waals surface area contributed by atoms with Gasteiger partial charge in [0.05, 0.1) is 19.1 Å². The number of imide groups is 1. The number of nitrogens with one attached hydrogen (secondary N) is 1. The first-order valence-corrected chi connectivity index (χ1v) is 7.91. The highest BCUT2D eigenvalue weighted by atomic mass is 16.5. The third kappa shape index (κ3) is 3.79. The first-order chi connectivity index (χ1) is 9.74. The fourth-order valence-corrected chi connectivity index (χ4v) is 3.01. The number of unbranched alkanes of at least 4 members (excludes halogenated alkanes) is 1. The highest BCUT2D eigenvalue weighted by Gasteiger charge is 2.42. The number of hydrogen-bond acceptors (Lipinski definition) is 4. The summed E-state index contributed by atoms with van der Waals surface area (Å²) in [7, 11) is 0. The fraction of sp³-hybridized carbons (Fsp3) is 0.867. The molecule has 2 amide bonds. The topological polar surface area (TPSA) is 58.6 Å². The highest BCUT2D eigenvalue weighted by Crippen LogP contribution is 2.27. The summed E-state index contributed by atoms with van der Waals surface area (Å²) in [6, 6.07) is -0.180. The van der Waals surface area contributed by atoms with Gasteiger partial charge in [-0.1, -0.05) is 26.2 Å². The Bertz CT molecular complexity index is 340. The number of nitrogens with zero attached hydrogens (tertiary/aromatic N) is 1. The number of carbonyl (C=O) groups is 2. The molecule has 114 valence electrons. The molecule has 1 heterocycles. The monoisotopic (exact) mass is 282 g/mol. The lowest BCUT2D eigenvalue weighted by molar-refractivity contribution is -0.141. The Morgan fingerprint density at radius 3 is 2.70 bits per heavy atom. The summed E-state index contributed by atoms with van der Waals surface area (Å²) in [6.07, 6.45) is 6.71. The van der Waals surface area contributed by atoms with Crippen molar-refractivity contribution in [3.63, 3.8) is 0 Å². The zero-order valence-corrected chi connectivity index (χ0v) is 12.4. The molecule has 1 aliphatic carbocycles. The molecule has 0 aromatic carbocycles. The summed E-state index contributed by atoms with van der Waals surface area (Å²) in [5, 5.41) is 3.16. The van der Waals surface area contributed by atoms with Gasteiger partial charge in [-0.25, -0.2) is 0 Å². The smallest absolute Gasteiger partial charge is 0.247 e. The molecule has 0 bridgehead atoms. The SMILES string of the molecule is CCCCOCCNC1CC(=O)N(C2CCCC2)C1=O. The lowest BCUT2D eigenvalue weighted by atomic mass is 10.2. The molecule has 1 unspecified atom stereocenters. The Balaban J connectivity index is 1.71. The van der Waals surface area contributed by atoms with Crippen molar-refractivity contribution in [2.75, 3.05) is 19.8 Å². The molecule has 5 nitrogen and oxygen atoms in total. The number of hydrogen-bond donors (Lipinski definition) is 1. The van der Waals surface area contributed by atoms with E-state index in [0.29, 0.717) is 19.6 Å². The van der Waals surface area contributed by atoms with E-state index >= 15 is 0 Å². The zero-order chi connectivity index (χ0) is 14.4. The Kier molecular flexibility index (Phi) is 5.98. The van der Waals surface area contributed by atoms with Gasteiger partial charge in [0.25, 0.3) is 0 Å². The molecule has 0 aromatic rings. The summed E-state index contributed by atoms with van der Waals surface area (Å²) in [5.41, 5.74) is 0. The summed E-state index contributed by atoms with van der Waals surface area (Å²) in [6.45, 7) is 4.12. The molecule has 2 aliphatic rings. The van der Waals surface area contributed by atoms with E-state index < -0.39 is 0 Å².